The van der Waals surface area contributed by atoms with Crippen molar-refractivity contribution in [1.29, 1.82) is 0 Å². The molecule has 0 aromatic carbocycles. The molecule has 0 unspecified atom stereocenters. The van der Waals surface area contributed by atoms with E-state index in [0.29, 0.717) is 12.5 Å². The number of furan rings is 1. The first-order valence-electron chi connectivity index (χ1n) is 5.85. The molecule has 0 radical (unpaired) electrons. The van der Waals surface area contributed by atoms with Crippen LogP contribution in [0.1, 0.15) is 18.6 Å². The van der Waals surface area contributed by atoms with Crippen LogP contribution in [0.3, 0.4) is 0 Å². The van der Waals surface area contributed by atoms with Gasteiger partial charge in [0.15, 0.2) is 6.61 Å². The lowest BCUT2D eigenvalue weighted by atomic mass is 9.87. The highest BCUT2D eigenvalue weighted by atomic mass is 16.6. The molecule has 4 heterocycles. The van der Waals surface area contributed by atoms with Gasteiger partial charge in [0.05, 0.1) is 12.0 Å². The third-order valence-corrected chi connectivity index (χ3v) is 3.41. The Labute approximate surface area is 94.9 Å². The summed E-state index contributed by atoms with van der Waals surface area (Å²) in [6, 6.07) is 3.76. The fraction of sp³-hybridized carbons (Fsp3) is 0.583. The van der Waals surface area contributed by atoms with Gasteiger partial charge in [-0.05, 0) is 38.1 Å². The predicted octanol–water partition coefficient (Wildman–Crippen LogP) is 1.88. The molecule has 3 fully saturated rings. The van der Waals surface area contributed by atoms with Gasteiger partial charge < -0.3 is 9.25 Å². The number of hydrogen-bond donors (Lipinski definition) is 0. The van der Waals surface area contributed by atoms with Crippen LogP contribution >= 0.6 is 0 Å². The fourth-order valence-corrected chi connectivity index (χ4v) is 2.46. The van der Waals surface area contributed by atoms with Crippen LogP contribution in [0.2, 0.25) is 0 Å². The third-order valence-electron chi connectivity index (χ3n) is 3.41. The van der Waals surface area contributed by atoms with Crippen molar-refractivity contribution in [2.45, 2.75) is 19.4 Å². The van der Waals surface area contributed by atoms with Gasteiger partial charge in [-0.3, -0.25) is 4.90 Å². The number of fused-ring (bicyclic) bond motifs is 3. The lowest BCUT2D eigenvalue weighted by molar-refractivity contribution is 0.105. The molecule has 4 heteroatoms. The zero-order chi connectivity index (χ0) is 10.8. The molecule has 1 aromatic rings. The number of piperidine rings is 3. The highest BCUT2D eigenvalue weighted by Gasteiger charge is 2.31. The summed E-state index contributed by atoms with van der Waals surface area (Å²) in [6.45, 7) is 3.87. The molecule has 2 bridgehead atoms. The number of nitrogens with zero attached hydrogens (tertiary/aromatic N) is 2. The van der Waals surface area contributed by atoms with Crippen LogP contribution in [-0.2, 0) is 11.4 Å². The van der Waals surface area contributed by atoms with E-state index in [0.717, 1.165) is 12.3 Å². The first-order chi connectivity index (χ1) is 7.92. The van der Waals surface area contributed by atoms with E-state index in [-0.39, 0.29) is 0 Å². The minimum Gasteiger partial charge on any atom is -0.466 e. The van der Waals surface area contributed by atoms with Crippen LogP contribution in [0.4, 0.5) is 0 Å². The van der Waals surface area contributed by atoms with Crippen LogP contribution in [0.25, 0.3) is 0 Å². The number of oxime groups is 1. The number of hydrogen-bond acceptors (Lipinski definition) is 4. The zero-order valence-electron chi connectivity index (χ0n) is 9.26. The Kier molecular flexibility index (Phi) is 2.66. The molecule has 4 rings (SSSR count). The van der Waals surface area contributed by atoms with Crippen LogP contribution in [-0.4, -0.2) is 30.2 Å². The van der Waals surface area contributed by atoms with Crippen molar-refractivity contribution in [3.63, 3.8) is 0 Å². The topological polar surface area (TPSA) is 38.0 Å². The van der Waals surface area contributed by atoms with Crippen molar-refractivity contribution >= 4 is 5.71 Å². The largest absolute Gasteiger partial charge is 0.466 e. The maximum Gasteiger partial charge on any atom is 0.174 e. The molecule has 0 amide bonds. The Hall–Kier alpha value is -1.29. The second kappa shape index (κ2) is 4.29. The normalized spacial score (nSPS) is 30.9. The molecule has 0 spiro atoms. The second-order valence-electron chi connectivity index (χ2n) is 4.49. The standard InChI is InChI=1S/C12H16N2O2/c1-2-11(15-7-1)9-16-13-12-8-14-5-3-10(12)4-6-14/h1-2,7,10H,3-6,8-9H2. The lowest BCUT2D eigenvalue weighted by Crippen LogP contribution is -2.47. The van der Waals surface area contributed by atoms with Gasteiger partial charge in [0, 0.05) is 12.5 Å². The summed E-state index contributed by atoms with van der Waals surface area (Å²) in [5.74, 6) is 1.48. The van der Waals surface area contributed by atoms with Gasteiger partial charge in [0.25, 0.3) is 0 Å². The van der Waals surface area contributed by atoms with Gasteiger partial charge in [0.1, 0.15) is 5.76 Å². The molecule has 86 valence electrons. The lowest BCUT2D eigenvalue weighted by Gasteiger charge is -2.39. The minimum atomic E-state index is 0.434. The number of rotatable bonds is 3. The van der Waals surface area contributed by atoms with Gasteiger partial charge in [-0.1, -0.05) is 5.16 Å². The molecule has 1 aromatic heterocycles. The van der Waals surface area contributed by atoms with Gasteiger partial charge in [-0.15, -0.1) is 0 Å². The summed E-state index contributed by atoms with van der Waals surface area (Å²) in [5.41, 5.74) is 1.21. The molecule has 0 atom stereocenters. The predicted molar refractivity (Wildman–Crippen MR) is 60.1 cm³/mol. The van der Waals surface area contributed by atoms with E-state index in [2.05, 4.69) is 10.1 Å². The maximum atomic E-state index is 5.34. The second-order valence-corrected chi connectivity index (χ2v) is 4.49. The summed E-state index contributed by atoms with van der Waals surface area (Å²) < 4.78 is 5.18. The van der Waals surface area contributed by atoms with E-state index in [1.54, 1.807) is 6.26 Å². The summed E-state index contributed by atoms with van der Waals surface area (Å²) in [7, 11) is 0. The minimum absolute atomic E-state index is 0.434. The van der Waals surface area contributed by atoms with E-state index < -0.39 is 0 Å². The fourth-order valence-electron chi connectivity index (χ4n) is 2.46. The van der Waals surface area contributed by atoms with Crippen molar-refractivity contribution < 1.29 is 9.25 Å². The van der Waals surface area contributed by atoms with Crippen molar-refractivity contribution in [2.75, 3.05) is 19.6 Å². The van der Waals surface area contributed by atoms with Crippen LogP contribution < -0.4 is 0 Å². The molecule has 4 nitrogen and oxygen atoms in total. The molecule has 3 aliphatic rings. The van der Waals surface area contributed by atoms with Crippen LogP contribution in [0, 0.1) is 5.92 Å². The smallest absolute Gasteiger partial charge is 0.174 e. The Morgan fingerprint density at radius 3 is 2.94 bits per heavy atom. The van der Waals surface area contributed by atoms with Gasteiger partial charge in [0.2, 0.25) is 0 Å². The zero-order valence-corrected chi connectivity index (χ0v) is 9.26. The van der Waals surface area contributed by atoms with Crippen LogP contribution in [0.5, 0.6) is 0 Å². The summed E-state index contributed by atoms with van der Waals surface area (Å²) in [5, 5.41) is 4.26. The van der Waals surface area contributed by atoms with Gasteiger partial charge in [-0.2, -0.15) is 0 Å². The van der Waals surface area contributed by atoms with E-state index in [1.807, 2.05) is 12.1 Å². The highest BCUT2D eigenvalue weighted by molar-refractivity contribution is 5.89. The molecule has 16 heavy (non-hydrogen) atoms. The van der Waals surface area contributed by atoms with E-state index in [9.17, 15) is 0 Å². The Morgan fingerprint density at radius 1 is 1.44 bits per heavy atom. The Bertz CT molecular complexity index is 364. The van der Waals surface area contributed by atoms with Gasteiger partial charge >= 0.3 is 0 Å². The first-order valence-corrected chi connectivity index (χ1v) is 5.85. The van der Waals surface area contributed by atoms with Crippen molar-refractivity contribution in [2.24, 2.45) is 11.1 Å². The molecular weight excluding hydrogens is 204 g/mol. The van der Waals surface area contributed by atoms with Crippen molar-refractivity contribution in [3.05, 3.63) is 24.2 Å². The maximum absolute atomic E-state index is 5.34. The SMILES string of the molecule is c1coc(CON=C2CN3CCC2CC3)c1. The average molecular weight is 220 g/mol. The Morgan fingerprint density at radius 2 is 2.31 bits per heavy atom. The molecular formula is C12H16N2O2. The summed E-state index contributed by atoms with van der Waals surface area (Å²) in [6.07, 6.45) is 4.13. The molecule has 0 N–H and O–H groups in total. The summed E-state index contributed by atoms with van der Waals surface area (Å²) >= 11 is 0. The molecule has 3 saturated heterocycles. The van der Waals surface area contributed by atoms with E-state index in [4.69, 9.17) is 9.25 Å². The molecule has 0 aliphatic carbocycles. The summed E-state index contributed by atoms with van der Waals surface area (Å²) in [4.78, 5) is 7.78. The Balaban J connectivity index is 1.57. The third kappa shape index (κ3) is 1.97. The molecule has 3 aliphatic heterocycles. The van der Waals surface area contributed by atoms with Gasteiger partial charge in [-0.25, -0.2) is 0 Å². The van der Waals surface area contributed by atoms with Crippen molar-refractivity contribution in [1.82, 2.24) is 4.90 Å². The quantitative estimate of drug-likeness (QED) is 0.730. The first kappa shape index (κ1) is 9.90. The van der Waals surface area contributed by atoms with Crippen LogP contribution in [0.15, 0.2) is 28.0 Å². The molecule has 0 saturated carbocycles. The average Bonchev–Trinajstić information content (AvgIpc) is 2.84. The highest BCUT2D eigenvalue weighted by Crippen LogP contribution is 2.25. The van der Waals surface area contributed by atoms with E-state index >= 15 is 0 Å². The monoisotopic (exact) mass is 220 g/mol. The van der Waals surface area contributed by atoms with Crippen molar-refractivity contribution in [3.8, 4) is 0 Å². The van der Waals surface area contributed by atoms with E-state index in [1.165, 1.54) is 31.6 Å².